The van der Waals surface area contributed by atoms with Crippen LogP contribution in [0.3, 0.4) is 0 Å². The fourth-order valence-electron chi connectivity index (χ4n) is 2.97. The van der Waals surface area contributed by atoms with E-state index in [0.717, 1.165) is 45.4 Å². The number of hydrazine groups is 1. The van der Waals surface area contributed by atoms with Crippen molar-refractivity contribution in [3.8, 4) is 0 Å². The van der Waals surface area contributed by atoms with Crippen LogP contribution in [0.2, 0.25) is 0 Å². The highest BCUT2D eigenvalue weighted by atomic mass is 16.5. The molecule has 98 valence electrons. The van der Waals surface area contributed by atoms with E-state index in [1.165, 1.54) is 25.8 Å². The van der Waals surface area contributed by atoms with Gasteiger partial charge in [-0.3, -0.25) is 4.90 Å². The lowest BCUT2D eigenvalue weighted by Crippen LogP contribution is -2.61. The van der Waals surface area contributed by atoms with Crippen LogP contribution in [0.4, 0.5) is 0 Å². The van der Waals surface area contributed by atoms with Gasteiger partial charge in [0.2, 0.25) is 0 Å². The second-order valence-corrected chi connectivity index (χ2v) is 5.65. The molecule has 2 saturated heterocycles. The number of nitrogens with zero attached hydrogens (tertiary/aromatic N) is 2. The Labute approximate surface area is 103 Å². The van der Waals surface area contributed by atoms with Gasteiger partial charge >= 0.3 is 0 Å². The normalized spacial score (nSPS) is 36.5. The Morgan fingerprint density at radius 2 is 2.00 bits per heavy atom. The van der Waals surface area contributed by atoms with Crippen LogP contribution in [0.25, 0.3) is 0 Å². The minimum absolute atomic E-state index is 0.111. The summed E-state index contributed by atoms with van der Waals surface area (Å²) in [4.78, 5) is 2.61. The number of morpholine rings is 1. The van der Waals surface area contributed by atoms with Crippen LogP contribution in [0.15, 0.2) is 0 Å². The molecule has 0 bridgehead atoms. The fraction of sp³-hybridized carbons (Fsp3) is 1.00. The summed E-state index contributed by atoms with van der Waals surface area (Å²) < 4.78 is 5.38. The summed E-state index contributed by atoms with van der Waals surface area (Å²) in [5.41, 5.74) is 9.81. The van der Waals surface area contributed by atoms with Crippen molar-refractivity contribution in [3.63, 3.8) is 0 Å². The maximum absolute atomic E-state index is 6.02. The smallest absolute Gasteiger partial charge is 0.0608 e. The lowest BCUT2D eigenvalue weighted by Gasteiger charge is -2.38. The van der Waals surface area contributed by atoms with Gasteiger partial charge in [0, 0.05) is 38.8 Å². The van der Waals surface area contributed by atoms with Gasteiger partial charge in [0.25, 0.3) is 0 Å². The molecule has 3 fully saturated rings. The molecule has 0 radical (unpaired) electrons. The van der Waals surface area contributed by atoms with Gasteiger partial charge in [-0.2, -0.15) is 0 Å². The van der Waals surface area contributed by atoms with E-state index in [-0.39, 0.29) is 5.54 Å². The quantitative estimate of drug-likeness (QED) is 0.686. The van der Waals surface area contributed by atoms with Crippen molar-refractivity contribution in [2.24, 2.45) is 5.73 Å². The number of likely N-dealkylation sites (tertiary alicyclic amines) is 1. The highest BCUT2D eigenvalue weighted by Crippen LogP contribution is 2.33. The number of nitrogens with two attached hydrogens (primary N) is 1. The molecular weight excluding hydrogens is 216 g/mol. The molecule has 2 aliphatic heterocycles. The highest BCUT2D eigenvalue weighted by Gasteiger charge is 2.43. The van der Waals surface area contributed by atoms with Crippen LogP contribution in [0, 0.1) is 0 Å². The van der Waals surface area contributed by atoms with Gasteiger partial charge in [-0.05, 0) is 19.3 Å². The number of hydrogen-bond acceptors (Lipinski definition) is 5. The van der Waals surface area contributed by atoms with Crippen molar-refractivity contribution in [1.29, 1.82) is 0 Å². The van der Waals surface area contributed by atoms with Crippen molar-refractivity contribution in [3.05, 3.63) is 0 Å². The van der Waals surface area contributed by atoms with Crippen LogP contribution < -0.4 is 11.2 Å². The summed E-state index contributed by atoms with van der Waals surface area (Å²) in [6.07, 6.45) is 3.95. The molecule has 1 atom stereocenters. The average molecular weight is 240 g/mol. The Morgan fingerprint density at radius 3 is 2.65 bits per heavy atom. The van der Waals surface area contributed by atoms with Gasteiger partial charge in [0.05, 0.1) is 18.8 Å². The van der Waals surface area contributed by atoms with Crippen LogP contribution in [0.5, 0.6) is 0 Å². The molecule has 3 N–H and O–H groups in total. The summed E-state index contributed by atoms with van der Waals surface area (Å²) >= 11 is 0. The van der Waals surface area contributed by atoms with Crippen LogP contribution in [-0.2, 0) is 4.74 Å². The predicted molar refractivity (Wildman–Crippen MR) is 66.5 cm³/mol. The van der Waals surface area contributed by atoms with Gasteiger partial charge in [-0.15, -0.1) is 0 Å². The molecule has 1 unspecified atom stereocenters. The first-order valence-corrected chi connectivity index (χ1v) is 6.86. The molecule has 17 heavy (non-hydrogen) atoms. The third kappa shape index (κ3) is 2.63. The van der Waals surface area contributed by atoms with Crippen molar-refractivity contribution < 1.29 is 4.74 Å². The summed E-state index contributed by atoms with van der Waals surface area (Å²) in [7, 11) is 0. The molecule has 1 aliphatic carbocycles. The zero-order valence-corrected chi connectivity index (χ0v) is 10.5. The molecule has 0 aromatic rings. The Bertz CT molecular complexity index is 265. The number of ether oxygens (including phenoxy) is 1. The van der Waals surface area contributed by atoms with Gasteiger partial charge in [-0.25, -0.2) is 10.4 Å². The SMILES string of the molecule is NCC1(NN2CCOCC2)CCN(C2CC2)C1. The lowest BCUT2D eigenvalue weighted by atomic mass is 10.00. The summed E-state index contributed by atoms with van der Waals surface area (Å²) in [6, 6.07) is 0.856. The molecule has 3 rings (SSSR count). The molecule has 0 aromatic carbocycles. The van der Waals surface area contributed by atoms with E-state index in [4.69, 9.17) is 10.5 Å². The maximum atomic E-state index is 6.02. The van der Waals surface area contributed by atoms with E-state index in [2.05, 4.69) is 15.3 Å². The summed E-state index contributed by atoms with van der Waals surface area (Å²) in [5, 5.41) is 2.30. The number of rotatable bonds is 4. The van der Waals surface area contributed by atoms with Crippen LogP contribution in [-0.4, -0.2) is 67.4 Å². The molecular formula is C12H24N4O. The first kappa shape index (κ1) is 11.9. The Hall–Kier alpha value is -0.200. The Morgan fingerprint density at radius 1 is 1.24 bits per heavy atom. The summed E-state index contributed by atoms with van der Waals surface area (Å²) in [5.74, 6) is 0. The third-order valence-electron chi connectivity index (χ3n) is 4.24. The van der Waals surface area contributed by atoms with Gasteiger partial charge in [-0.1, -0.05) is 0 Å². The van der Waals surface area contributed by atoms with E-state index in [1.807, 2.05) is 0 Å². The van der Waals surface area contributed by atoms with E-state index in [9.17, 15) is 0 Å². The second-order valence-electron chi connectivity index (χ2n) is 5.65. The Kier molecular flexibility index (Phi) is 3.36. The molecule has 1 saturated carbocycles. The standard InChI is InChI=1S/C12H24N4O/c13-9-12(14-16-5-7-17-8-6-16)3-4-15(10-12)11-1-2-11/h11,14H,1-10,13H2. The highest BCUT2D eigenvalue weighted by molar-refractivity contribution is 5.01. The van der Waals surface area contributed by atoms with Gasteiger partial charge in [0.1, 0.15) is 0 Å². The zero-order valence-electron chi connectivity index (χ0n) is 10.5. The van der Waals surface area contributed by atoms with E-state index >= 15 is 0 Å². The molecule has 5 nitrogen and oxygen atoms in total. The molecule has 0 amide bonds. The fourth-order valence-corrected chi connectivity index (χ4v) is 2.97. The maximum Gasteiger partial charge on any atom is 0.0608 e. The average Bonchev–Trinajstić information content (AvgIpc) is 3.14. The minimum Gasteiger partial charge on any atom is -0.379 e. The molecule has 2 heterocycles. The van der Waals surface area contributed by atoms with Crippen LogP contribution in [0.1, 0.15) is 19.3 Å². The minimum atomic E-state index is 0.111. The van der Waals surface area contributed by atoms with Gasteiger partial charge in [0.15, 0.2) is 0 Å². The lowest BCUT2D eigenvalue weighted by molar-refractivity contribution is -0.0103. The summed E-state index contributed by atoms with van der Waals surface area (Å²) in [6.45, 7) is 6.68. The molecule has 3 aliphatic rings. The number of hydrogen-bond donors (Lipinski definition) is 2. The Balaban J connectivity index is 1.57. The van der Waals surface area contributed by atoms with Crippen molar-refractivity contribution in [2.75, 3.05) is 45.9 Å². The van der Waals surface area contributed by atoms with Crippen LogP contribution >= 0.6 is 0 Å². The first-order chi connectivity index (χ1) is 8.31. The van der Waals surface area contributed by atoms with Gasteiger partial charge < -0.3 is 10.5 Å². The largest absolute Gasteiger partial charge is 0.379 e. The molecule has 0 aromatic heterocycles. The van der Waals surface area contributed by atoms with E-state index < -0.39 is 0 Å². The van der Waals surface area contributed by atoms with E-state index in [1.54, 1.807) is 0 Å². The third-order valence-corrected chi connectivity index (χ3v) is 4.24. The second kappa shape index (κ2) is 4.82. The predicted octanol–water partition coefficient (Wildman–Crippen LogP) is -0.611. The van der Waals surface area contributed by atoms with E-state index in [0.29, 0.717) is 0 Å². The monoisotopic (exact) mass is 240 g/mol. The molecule has 5 heteroatoms. The van der Waals surface area contributed by atoms with Crippen molar-refractivity contribution in [1.82, 2.24) is 15.3 Å². The topological polar surface area (TPSA) is 53.8 Å². The zero-order chi connectivity index (χ0) is 11.7. The molecule has 0 spiro atoms. The van der Waals surface area contributed by atoms with Crippen molar-refractivity contribution >= 4 is 0 Å². The van der Waals surface area contributed by atoms with Crippen molar-refractivity contribution in [2.45, 2.75) is 30.8 Å². The number of nitrogens with one attached hydrogen (secondary N) is 1. The first-order valence-electron chi connectivity index (χ1n) is 6.86.